The SMILES string of the molecule is CC1CN(CC(O)CC2CCCC2)CC1C. The van der Waals surface area contributed by atoms with Crippen LogP contribution in [0.5, 0.6) is 0 Å². The molecule has 2 heteroatoms. The van der Waals surface area contributed by atoms with Crippen LogP contribution < -0.4 is 0 Å². The minimum atomic E-state index is -0.0828. The zero-order valence-electron chi connectivity index (χ0n) is 10.9. The Kier molecular flexibility index (Phi) is 4.26. The second kappa shape index (κ2) is 5.50. The van der Waals surface area contributed by atoms with E-state index in [-0.39, 0.29) is 6.10 Å². The Morgan fingerprint density at radius 3 is 2.25 bits per heavy atom. The molecule has 0 spiro atoms. The summed E-state index contributed by atoms with van der Waals surface area (Å²) < 4.78 is 0. The molecule has 94 valence electrons. The van der Waals surface area contributed by atoms with Gasteiger partial charge in [0.1, 0.15) is 0 Å². The molecule has 2 nitrogen and oxygen atoms in total. The second-order valence-electron chi connectivity index (χ2n) is 6.21. The highest BCUT2D eigenvalue weighted by Gasteiger charge is 2.28. The molecule has 0 radical (unpaired) electrons. The van der Waals surface area contributed by atoms with Crippen LogP contribution >= 0.6 is 0 Å². The van der Waals surface area contributed by atoms with E-state index in [1.807, 2.05) is 0 Å². The Bertz CT molecular complexity index is 203. The van der Waals surface area contributed by atoms with Gasteiger partial charge in [-0.1, -0.05) is 39.5 Å². The summed E-state index contributed by atoms with van der Waals surface area (Å²) >= 11 is 0. The molecule has 0 aromatic heterocycles. The van der Waals surface area contributed by atoms with Crippen molar-refractivity contribution in [3.63, 3.8) is 0 Å². The lowest BCUT2D eigenvalue weighted by atomic mass is 10.00. The van der Waals surface area contributed by atoms with E-state index in [9.17, 15) is 5.11 Å². The van der Waals surface area contributed by atoms with Crippen LogP contribution in [0.4, 0.5) is 0 Å². The smallest absolute Gasteiger partial charge is 0.0669 e. The Morgan fingerprint density at radius 1 is 1.12 bits per heavy atom. The maximum absolute atomic E-state index is 10.1. The van der Waals surface area contributed by atoms with Gasteiger partial charge in [-0.15, -0.1) is 0 Å². The first-order chi connectivity index (χ1) is 7.65. The van der Waals surface area contributed by atoms with E-state index in [2.05, 4.69) is 18.7 Å². The average Bonchev–Trinajstić information content (AvgIpc) is 2.78. The van der Waals surface area contributed by atoms with E-state index in [1.54, 1.807) is 0 Å². The number of likely N-dealkylation sites (tertiary alicyclic amines) is 1. The molecule has 3 atom stereocenters. The van der Waals surface area contributed by atoms with Crippen LogP contribution in [0.15, 0.2) is 0 Å². The lowest BCUT2D eigenvalue weighted by molar-refractivity contribution is 0.0992. The third-order valence-electron chi connectivity index (χ3n) is 4.61. The van der Waals surface area contributed by atoms with Crippen molar-refractivity contribution in [1.82, 2.24) is 4.90 Å². The molecule has 1 N–H and O–H groups in total. The number of nitrogens with zero attached hydrogens (tertiary/aromatic N) is 1. The van der Waals surface area contributed by atoms with Crippen molar-refractivity contribution in [1.29, 1.82) is 0 Å². The summed E-state index contributed by atoms with van der Waals surface area (Å²) in [7, 11) is 0. The fraction of sp³-hybridized carbons (Fsp3) is 1.00. The number of rotatable bonds is 4. The van der Waals surface area contributed by atoms with Crippen molar-refractivity contribution in [2.45, 2.75) is 52.1 Å². The zero-order chi connectivity index (χ0) is 11.5. The molecule has 1 saturated heterocycles. The summed E-state index contributed by atoms with van der Waals surface area (Å²) in [5.41, 5.74) is 0. The van der Waals surface area contributed by atoms with Crippen LogP contribution in [-0.2, 0) is 0 Å². The quantitative estimate of drug-likeness (QED) is 0.794. The summed E-state index contributed by atoms with van der Waals surface area (Å²) in [6.07, 6.45) is 6.43. The summed E-state index contributed by atoms with van der Waals surface area (Å²) in [5.74, 6) is 2.42. The monoisotopic (exact) mass is 225 g/mol. The van der Waals surface area contributed by atoms with Crippen LogP contribution in [0.1, 0.15) is 46.0 Å². The fourth-order valence-corrected chi connectivity index (χ4v) is 3.40. The molecule has 2 rings (SSSR count). The highest BCUT2D eigenvalue weighted by atomic mass is 16.3. The fourth-order valence-electron chi connectivity index (χ4n) is 3.40. The Balaban J connectivity index is 1.68. The molecular weight excluding hydrogens is 198 g/mol. The third kappa shape index (κ3) is 3.21. The van der Waals surface area contributed by atoms with E-state index in [0.29, 0.717) is 0 Å². The van der Waals surface area contributed by atoms with Crippen molar-refractivity contribution in [2.75, 3.05) is 19.6 Å². The molecule has 1 aliphatic carbocycles. The van der Waals surface area contributed by atoms with Crippen molar-refractivity contribution in [2.24, 2.45) is 17.8 Å². The Morgan fingerprint density at radius 2 is 1.69 bits per heavy atom. The molecule has 0 bridgehead atoms. The van der Waals surface area contributed by atoms with Gasteiger partial charge < -0.3 is 10.0 Å². The van der Waals surface area contributed by atoms with Crippen molar-refractivity contribution < 1.29 is 5.11 Å². The Labute approximate surface area is 100 Å². The van der Waals surface area contributed by atoms with E-state index >= 15 is 0 Å². The summed E-state index contributed by atoms with van der Waals surface area (Å²) in [6, 6.07) is 0. The maximum atomic E-state index is 10.1. The van der Waals surface area contributed by atoms with Gasteiger partial charge in [-0.05, 0) is 24.2 Å². The molecule has 0 aromatic rings. The number of hydrogen-bond donors (Lipinski definition) is 1. The van der Waals surface area contributed by atoms with E-state index < -0.39 is 0 Å². The minimum absolute atomic E-state index is 0.0828. The highest BCUT2D eigenvalue weighted by Crippen LogP contribution is 2.29. The first-order valence-corrected chi connectivity index (χ1v) is 7.05. The first-order valence-electron chi connectivity index (χ1n) is 7.05. The van der Waals surface area contributed by atoms with Gasteiger partial charge in [-0.25, -0.2) is 0 Å². The van der Waals surface area contributed by atoms with Gasteiger partial charge in [0, 0.05) is 19.6 Å². The van der Waals surface area contributed by atoms with Crippen molar-refractivity contribution >= 4 is 0 Å². The van der Waals surface area contributed by atoms with E-state index in [4.69, 9.17) is 0 Å². The zero-order valence-corrected chi connectivity index (χ0v) is 10.9. The second-order valence-corrected chi connectivity index (χ2v) is 6.21. The van der Waals surface area contributed by atoms with E-state index in [0.717, 1.165) is 30.7 Å². The van der Waals surface area contributed by atoms with Gasteiger partial charge in [-0.2, -0.15) is 0 Å². The van der Waals surface area contributed by atoms with Crippen molar-refractivity contribution in [3.8, 4) is 0 Å². The number of aliphatic hydroxyl groups is 1. The van der Waals surface area contributed by atoms with Crippen LogP contribution in [0.3, 0.4) is 0 Å². The third-order valence-corrected chi connectivity index (χ3v) is 4.61. The van der Waals surface area contributed by atoms with Gasteiger partial charge in [0.15, 0.2) is 0 Å². The minimum Gasteiger partial charge on any atom is -0.392 e. The maximum Gasteiger partial charge on any atom is 0.0669 e. The number of hydrogen-bond acceptors (Lipinski definition) is 2. The number of aliphatic hydroxyl groups excluding tert-OH is 1. The van der Waals surface area contributed by atoms with E-state index in [1.165, 1.54) is 38.8 Å². The predicted octanol–water partition coefficient (Wildman–Crippen LogP) is 2.52. The highest BCUT2D eigenvalue weighted by molar-refractivity contribution is 4.81. The van der Waals surface area contributed by atoms with Gasteiger partial charge >= 0.3 is 0 Å². The summed E-state index contributed by atoms with van der Waals surface area (Å²) in [5, 5.41) is 10.1. The summed E-state index contributed by atoms with van der Waals surface area (Å²) in [6.45, 7) is 7.93. The Hall–Kier alpha value is -0.0800. The standard InChI is InChI=1S/C14H27NO/c1-11-8-15(9-12(11)2)10-14(16)7-13-5-3-4-6-13/h11-14,16H,3-10H2,1-2H3. The number of β-amino-alcohol motifs (C(OH)–C–C–N with tert-alkyl or cyclic N) is 1. The molecule has 16 heavy (non-hydrogen) atoms. The molecule has 2 fully saturated rings. The summed E-state index contributed by atoms with van der Waals surface area (Å²) in [4.78, 5) is 2.45. The largest absolute Gasteiger partial charge is 0.392 e. The lowest BCUT2D eigenvalue weighted by Crippen LogP contribution is -2.31. The topological polar surface area (TPSA) is 23.5 Å². The van der Waals surface area contributed by atoms with Gasteiger partial charge in [0.2, 0.25) is 0 Å². The molecule has 2 aliphatic rings. The van der Waals surface area contributed by atoms with Crippen molar-refractivity contribution in [3.05, 3.63) is 0 Å². The van der Waals surface area contributed by atoms with Crippen LogP contribution in [-0.4, -0.2) is 35.7 Å². The molecule has 1 aliphatic heterocycles. The molecular formula is C14H27NO. The molecule has 1 heterocycles. The van der Waals surface area contributed by atoms with Crippen LogP contribution in [0, 0.1) is 17.8 Å². The molecule has 0 aromatic carbocycles. The van der Waals surface area contributed by atoms with Crippen LogP contribution in [0.25, 0.3) is 0 Å². The van der Waals surface area contributed by atoms with Crippen LogP contribution in [0.2, 0.25) is 0 Å². The molecule has 1 saturated carbocycles. The predicted molar refractivity (Wildman–Crippen MR) is 67.3 cm³/mol. The average molecular weight is 225 g/mol. The lowest BCUT2D eigenvalue weighted by Gasteiger charge is -2.22. The normalized spacial score (nSPS) is 34.7. The molecule has 3 unspecified atom stereocenters. The first kappa shape index (κ1) is 12.4. The van der Waals surface area contributed by atoms with Gasteiger partial charge in [0.25, 0.3) is 0 Å². The van der Waals surface area contributed by atoms with Gasteiger partial charge in [-0.3, -0.25) is 0 Å². The molecule has 0 amide bonds. The van der Waals surface area contributed by atoms with Gasteiger partial charge in [0.05, 0.1) is 6.10 Å².